The molecule has 2 N–H and O–H groups in total. The van der Waals surface area contributed by atoms with Gasteiger partial charge in [0.05, 0.1) is 23.5 Å². The predicted molar refractivity (Wildman–Crippen MR) is 91.6 cm³/mol. The average molecular weight is 347 g/mol. The molecule has 0 amide bonds. The molecule has 9 heteroatoms. The summed E-state index contributed by atoms with van der Waals surface area (Å²) in [6, 6.07) is 7.21. The zero-order valence-corrected chi connectivity index (χ0v) is 13.9. The molecule has 0 unspecified atom stereocenters. The number of fused-ring (bicyclic) bond motifs is 1. The lowest BCUT2D eigenvalue weighted by atomic mass is 10.1. The second-order valence-corrected chi connectivity index (χ2v) is 6.06. The van der Waals surface area contributed by atoms with E-state index >= 15 is 0 Å². The summed E-state index contributed by atoms with van der Waals surface area (Å²) in [5.41, 5.74) is 0.0867. The molecule has 0 aliphatic heterocycles. The van der Waals surface area contributed by atoms with E-state index in [1.165, 1.54) is 23.1 Å². The quantitative estimate of drug-likeness (QED) is 0.731. The summed E-state index contributed by atoms with van der Waals surface area (Å²) in [6.07, 6.45) is 4.16. The second-order valence-electron chi connectivity index (χ2n) is 6.06. The maximum atomic E-state index is 11.4. The van der Waals surface area contributed by atoms with Crippen molar-refractivity contribution in [1.29, 1.82) is 10.5 Å². The molecule has 0 aliphatic rings. The number of pyridine rings is 2. The van der Waals surface area contributed by atoms with Crippen molar-refractivity contribution in [3.63, 3.8) is 0 Å². The van der Waals surface area contributed by atoms with Gasteiger partial charge in [0.1, 0.15) is 17.2 Å². The number of aromatic nitrogens is 4. The summed E-state index contributed by atoms with van der Waals surface area (Å²) in [7, 11) is 0. The fraction of sp³-hybridized carbons (Fsp3) is 0.176. The van der Waals surface area contributed by atoms with Crippen molar-refractivity contribution in [3.05, 3.63) is 41.9 Å². The van der Waals surface area contributed by atoms with Crippen LogP contribution in [0.25, 0.3) is 16.9 Å². The molecule has 0 aromatic carbocycles. The molecule has 0 aliphatic carbocycles. The summed E-state index contributed by atoms with van der Waals surface area (Å²) in [5, 5.41) is 35.3. The van der Waals surface area contributed by atoms with Crippen molar-refractivity contribution in [1.82, 2.24) is 19.7 Å². The van der Waals surface area contributed by atoms with Crippen molar-refractivity contribution in [2.75, 3.05) is 5.32 Å². The van der Waals surface area contributed by atoms with Crippen LogP contribution < -0.4 is 5.32 Å². The number of nitrogens with one attached hydrogen (secondary N) is 1. The van der Waals surface area contributed by atoms with Crippen molar-refractivity contribution >= 4 is 22.7 Å². The van der Waals surface area contributed by atoms with E-state index in [4.69, 9.17) is 5.26 Å². The Bertz CT molecular complexity index is 1100. The molecule has 0 saturated heterocycles. The maximum absolute atomic E-state index is 11.4. The minimum Gasteiger partial charge on any atom is -0.478 e. The second kappa shape index (κ2) is 6.15. The van der Waals surface area contributed by atoms with Crippen LogP contribution in [0, 0.1) is 22.7 Å². The van der Waals surface area contributed by atoms with E-state index in [9.17, 15) is 15.2 Å². The SMILES string of the molecule is CC(C)(C#N)Nc1cc(-n2ncc3cc(C#N)cnc32)ncc1C(=O)O. The Morgan fingerprint density at radius 2 is 2.00 bits per heavy atom. The van der Waals surface area contributed by atoms with E-state index in [1.807, 2.05) is 6.07 Å². The summed E-state index contributed by atoms with van der Waals surface area (Å²) >= 11 is 0. The summed E-state index contributed by atoms with van der Waals surface area (Å²) in [4.78, 5) is 19.8. The van der Waals surface area contributed by atoms with Crippen LogP contribution >= 0.6 is 0 Å². The van der Waals surface area contributed by atoms with E-state index in [0.717, 1.165) is 0 Å². The molecule has 9 nitrogen and oxygen atoms in total. The minimum absolute atomic E-state index is 0.0618. The first kappa shape index (κ1) is 16.9. The van der Waals surface area contributed by atoms with Crippen LogP contribution in [0.15, 0.2) is 30.7 Å². The maximum Gasteiger partial charge on any atom is 0.339 e. The van der Waals surface area contributed by atoms with Crippen LogP contribution in [-0.2, 0) is 0 Å². The molecular formula is C17H13N7O2. The zero-order valence-electron chi connectivity index (χ0n) is 13.9. The lowest BCUT2D eigenvalue weighted by Crippen LogP contribution is -2.29. The van der Waals surface area contributed by atoms with Gasteiger partial charge in [-0.1, -0.05) is 0 Å². The van der Waals surface area contributed by atoms with Gasteiger partial charge in [-0.05, 0) is 19.9 Å². The predicted octanol–water partition coefficient (Wildman–Crippen LogP) is 2.10. The smallest absolute Gasteiger partial charge is 0.339 e. The van der Waals surface area contributed by atoms with Crippen LogP contribution in [0.5, 0.6) is 0 Å². The molecule has 0 bridgehead atoms. The van der Waals surface area contributed by atoms with E-state index in [1.54, 1.807) is 26.1 Å². The fourth-order valence-electron chi connectivity index (χ4n) is 2.35. The van der Waals surface area contributed by atoms with Crippen molar-refractivity contribution in [3.8, 4) is 18.0 Å². The van der Waals surface area contributed by atoms with Gasteiger partial charge < -0.3 is 10.4 Å². The Hall–Kier alpha value is -3.98. The minimum atomic E-state index is -1.16. The summed E-state index contributed by atoms with van der Waals surface area (Å²) < 4.78 is 1.44. The number of rotatable bonds is 4. The van der Waals surface area contributed by atoms with E-state index in [-0.39, 0.29) is 11.3 Å². The molecule has 0 fully saturated rings. The van der Waals surface area contributed by atoms with Crippen LogP contribution in [-0.4, -0.2) is 36.4 Å². The molecule has 3 aromatic heterocycles. The topological polar surface area (TPSA) is 141 Å². The molecule has 128 valence electrons. The van der Waals surface area contributed by atoms with Gasteiger partial charge in [-0.2, -0.15) is 20.3 Å². The molecule has 0 radical (unpaired) electrons. The first-order valence-corrected chi connectivity index (χ1v) is 7.51. The van der Waals surface area contributed by atoms with Gasteiger partial charge in [0.25, 0.3) is 0 Å². The van der Waals surface area contributed by atoms with Crippen LogP contribution in [0.4, 0.5) is 5.69 Å². The number of nitriles is 2. The van der Waals surface area contributed by atoms with Crippen molar-refractivity contribution < 1.29 is 9.90 Å². The van der Waals surface area contributed by atoms with Gasteiger partial charge in [0.15, 0.2) is 11.5 Å². The highest BCUT2D eigenvalue weighted by atomic mass is 16.4. The molecule has 3 aromatic rings. The van der Waals surface area contributed by atoms with Crippen LogP contribution in [0.3, 0.4) is 0 Å². The Labute approximate surface area is 148 Å². The fourth-order valence-corrected chi connectivity index (χ4v) is 2.35. The third kappa shape index (κ3) is 3.01. The molecule has 3 rings (SSSR count). The molecule has 0 spiro atoms. The molecule has 26 heavy (non-hydrogen) atoms. The first-order chi connectivity index (χ1) is 12.3. The average Bonchev–Trinajstić information content (AvgIpc) is 3.04. The summed E-state index contributed by atoms with van der Waals surface area (Å²) in [5.74, 6) is -0.833. The number of anilines is 1. The lowest BCUT2D eigenvalue weighted by molar-refractivity contribution is 0.0697. The first-order valence-electron chi connectivity index (χ1n) is 7.51. The number of hydrogen-bond donors (Lipinski definition) is 2. The Morgan fingerprint density at radius 3 is 2.65 bits per heavy atom. The number of carboxylic acids is 1. The monoisotopic (exact) mass is 347 g/mol. The zero-order chi connectivity index (χ0) is 18.9. The Morgan fingerprint density at radius 1 is 1.23 bits per heavy atom. The number of hydrogen-bond acceptors (Lipinski definition) is 7. The van der Waals surface area contributed by atoms with Crippen molar-refractivity contribution in [2.24, 2.45) is 0 Å². The third-order valence-corrected chi connectivity index (χ3v) is 3.60. The molecule has 3 heterocycles. The number of carbonyl (C=O) groups is 1. The van der Waals surface area contributed by atoms with E-state index in [2.05, 4.69) is 26.5 Å². The van der Waals surface area contributed by atoms with Gasteiger partial charge in [-0.25, -0.2) is 14.8 Å². The highest BCUT2D eigenvalue weighted by molar-refractivity contribution is 5.94. The molecular weight excluding hydrogens is 334 g/mol. The van der Waals surface area contributed by atoms with Crippen molar-refractivity contribution in [2.45, 2.75) is 19.4 Å². The largest absolute Gasteiger partial charge is 0.478 e. The number of nitrogens with zero attached hydrogens (tertiary/aromatic N) is 6. The lowest BCUT2D eigenvalue weighted by Gasteiger charge is -2.20. The number of carboxylic acid groups (broad SMARTS) is 1. The van der Waals surface area contributed by atoms with E-state index in [0.29, 0.717) is 22.4 Å². The number of aromatic carboxylic acids is 1. The van der Waals surface area contributed by atoms with E-state index < -0.39 is 11.5 Å². The highest BCUT2D eigenvalue weighted by Gasteiger charge is 2.21. The van der Waals surface area contributed by atoms with Gasteiger partial charge in [0.2, 0.25) is 0 Å². The Kier molecular flexibility index (Phi) is 3.99. The van der Waals surface area contributed by atoms with Gasteiger partial charge in [-0.3, -0.25) is 0 Å². The summed E-state index contributed by atoms with van der Waals surface area (Å²) in [6.45, 7) is 3.26. The van der Waals surface area contributed by atoms with Gasteiger partial charge >= 0.3 is 5.97 Å². The highest BCUT2D eigenvalue weighted by Crippen LogP contribution is 2.24. The van der Waals surface area contributed by atoms with Gasteiger partial charge in [-0.15, -0.1) is 0 Å². The third-order valence-electron chi connectivity index (χ3n) is 3.60. The molecule has 0 saturated carbocycles. The molecule has 0 atom stereocenters. The Balaban J connectivity index is 2.14. The standard InChI is InChI=1S/C17H13N7O2/c1-17(2,9-19)23-13-4-14(20-8-12(13)16(25)26)24-15-11(7-22-24)3-10(5-18)6-21-15/h3-4,6-8H,1-2H3,(H,20,23)(H,25,26). The van der Waals surface area contributed by atoms with Crippen LogP contribution in [0.1, 0.15) is 29.8 Å². The van der Waals surface area contributed by atoms with Gasteiger partial charge in [0, 0.05) is 23.8 Å². The normalized spacial score (nSPS) is 10.9. The van der Waals surface area contributed by atoms with Crippen LogP contribution in [0.2, 0.25) is 0 Å².